The van der Waals surface area contributed by atoms with Crippen LogP contribution in [0.4, 0.5) is 5.82 Å². The summed E-state index contributed by atoms with van der Waals surface area (Å²) in [7, 11) is 3.99. The lowest BCUT2D eigenvalue weighted by molar-refractivity contribution is 0.112. The van der Waals surface area contributed by atoms with Gasteiger partial charge in [0, 0.05) is 12.1 Å². The molecule has 0 aromatic carbocycles. The van der Waals surface area contributed by atoms with E-state index in [0.29, 0.717) is 24.2 Å². The molecule has 0 aliphatic rings. The minimum atomic E-state index is -0.0580. The van der Waals surface area contributed by atoms with Crippen LogP contribution < -0.4 is 5.32 Å². The van der Waals surface area contributed by atoms with Gasteiger partial charge in [0.1, 0.15) is 17.3 Å². The minimum Gasteiger partial charge on any atom is -0.367 e. The average Bonchev–Trinajstić information content (AvgIpc) is 2.26. The predicted octanol–water partition coefficient (Wildman–Crippen LogP) is 1.69. The van der Waals surface area contributed by atoms with E-state index in [1.807, 2.05) is 14.1 Å². The number of aromatic nitrogens is 2. The van der Waals surface area contributed by atoms with E-state index in [9.17, 15) is 4.79 Å². The van der Waals surface area contributed by atoms with Crippen LogP contribution >= 0.6 is 11.6 Å². The molecule has 1 aromatic rings. The number of carbonyl (C=O) groups is 1. The fourth-order valence-electron chi connectivity index (χ4n) is 1.08. The number of halogens is 1. The van der Waals surface area contributed by atoms with Gasteiger partial charge in [0.25, 0.3) is 0 Å². The lowest BCUT2D eigenvalue weighted by atomic mass is 10.0. The van der Waals surface area contributed by atoms with E-state index in [0.717, 1.165) is 0 Å². The van der Waals surface area contributed by atoms with E-state index in [4.69, 9.17) is 11.6 Å². The first-order valence-corrected chi connectivity index (χ1v) is 5.63. The van der Waals surface area contributed by atoms with Gasteiger partial charge in [-0.15, -0.1) is 0 Å². The van der Waals surface area contributed by atoms with Crippen LogP contribution in [0.3, 0.4) is 0 Å². The molecule has 0 unspecified atom stereocenters. The summed E-state index contributed by atoms with van der Waals surface area (Å²) in [5.74, 6) is 0.468. The molecule has 0 aliphatic heterocycles. The van der Waals surface area contributed by atoms with Crippen LogP contribution in [0.25, 0.3) is 0 Å². The van der Waals surface area contributed by atoms with Crippen molar-refractivity contribution in [3.63, 3.8) is 0 Å². The summed E-state index contributed by atoms with van der Waals surface area (Å²) >= 11 is 5.81. The Morgan fingerprint density at radius 2 is 2.12 bits per heavy atom. The zero-order chi connectivity index (χ0) is 13.1. The van der Waals surface area contributed by atoms with Crippen molar-refractivity contribution in [2.45, 2.75) is 19.4 Å². The van der Waals surface area contributed by atoms with Gasteiger partial charge in [0.05, 0.1) is 5.56 Å². The maximum absolute atomic E-state index is 10.9. The molecule has 5 nitrogen and oxygen atoms in total. The zero-order valence-electron chi connectivity index (χ0n) is 10.5. The Kier molecular flexibility index (Phi) is 4.42. The highest BCUT2D eigenvalue weighted by atomic mass is 35.5. The first kappa shape index (κ1) is 13.9. The zero-order valence-corrected chi connectivity index (χ0v) is 11.2. The van der Waals surface area contributed by atoms with Crippen molar-refractivity contribution in [1.29, 1.82) is 0 Å². The Labute approximate surface area is 106 Å². The third-order valence-corrected chi connectivity index (χ3v) is 3.15. The van der Waals surface area contributed by atoms with Crippen LogP contribution in [-0.2, 0) is 0 Å². The molecular formula is C11H17ClN4O. The maximum Gasteiger partial charge on any atom is 0.156 e. The number of anilines is 1. The van der Waals surface area contributed by atoms with Crippen molar-refractivity contribution in [1.82, 2.24) is 14.9 Å². The summed E-state index contributed by atoms with van der Waals surface area (Å²) in [6.45, 7) is 4.82. The monoisotopic (exact) mass is 256 g/mol. The van der Waals surface area contributed by atoms with Crippen LogP contribution in [0.2, 0.25) is 5.15 Å². The number of rotatable bonds is 5. The summed E-state index contributed by atoms with van der Waals surface area (Å²) in [4.78, 5) is 20.8. The molecule has 0 bridgehead atoms. The van der Waals surface area contributed by atoms with Gasteiger partial charge in [-0.2, -0.15) is 0 Å². The topological polar surface area (TPSA) is 58.1 Å². The molecule has 17 heavy (non-hydrogen) atoms. The van der Waals surface area contributed by atoms with Crippen LogP contribution in [0.15, 0.2) is 6.33 Å². The second-order valence-electron chi connectivity index (χ2n) is 4.61. The Morgan fingerprint density at radius 3 is 2.65 bits per heavy atom. The third-order valence-electron chi connectivity index (χ3n) is 2.85. The fourth-order valence-corrected chi connectivity index (χ4v) is 1.26. The number of nitrogens with zero attached hydrogens (tertiary/aromatic N) is 3. The van der Waals surface area contributed by atoms with E-state index in [-0.39, 0.29) is 10.7 Å². The van der Waals surface area contributed by atoms with Crippen molar-refractivity contribution in [3.05, 3.63) is 17.0 Å². The Balaban J connectivity index is 2.83. The molecule has 1 rings (SSSR count). The Bertz CT molecular complexity index is 406. The second-order valence-corrected chi connectivity index (χ2v) is 4.96. The van der Waals surface area contributed by atoms with Gasteiger partial charge in [-0.25, -0.2) is 9.97 Å². The molecule has 0 amide bonds. The molecule has 0 atom stereocenters. The Morgan fingerprint density at radius 1 is 1.47 bits per heavy atom. The molecule has 0 spiro atoms. The van der Waals surface area contributed by atoms with Gasteiger partial charge >= 0.3 is 0 Å². The molecular weight excluding hydrogens is 240 g/mol. The number of likely N-dealkylation sites (N-methyl/N-ethyl adjacent to an activating group) is 1. The van der Waals surface area contributed by atoms with E-state index in [2.05, 4.69) is 34.0 Å². The normalized spacial score (nSPS) is 11.6. The summed E-state index contributed by atoms with van der Waals surface area (Å²) in [6.07, 6.45) is 1.99. The van der Waals surface area contributed by atoms with E-state index in [1.165, 1.54) is 6.33 Å². The summed E-state index contributed by atoms with van der Waals surface area (Å²) in [5.41, 5.74) is 0.237. The molecule has 0 radical (unpaired) electrons. The molecule has 1 heterocycles. The standard InChI is InChI=1S/C11H17ClN4O/c1-11(2,16(3)4)6-13-10-8(5-17)9(12)14-7-15-10/h5,7H,6H2,1-4H3,(H,13,14,15). The van der Waals surface area contributed by atoms with E-state index >= 15 is 0 Å². The number of hydrogen-bond acceptors (Lipinski definition) is 5. The van der Waals surface area contributed by atoms with Gasteiger partial charge in [0.15, 0.2) is 6.29 Å². The molecule has 94 valence electrons. The first-order valence-electron chi connectivity index (χ1n) is 5.25. The lowest BCUT2D eigenvalue weighted by Crippen LogP contribution is -2.44. The predicted molar refractivity (Wildman–Crippen MR) is 68.7 cm³/mol. The van der Waals surface area contributed by atoms with E-state index in [1.54, 1.807) is 0 Å². The van der Waals surface area contributed by atoms with Gasteiger partial charge < -0.3 is 10.2 Å². The summed E-state index contributed by atoms with van der Waals surface area (Å²) in [5, 5.41) is 3.28. The molecule has 0 saturated carbocycles. The molecule has 0 fully saturated rings. The van der Waals surface area contributed by atoms with Crippen LogP contribution in [0.1, 0.15) is 24.2 Å². The number of hydrogen-bond donors (Lipinski definition) is 1. The molecule has 1 aromatic heterocycles. The van der Waals surface area contributed by atoms with E-state index < -0.39 is 0 Å². The molecule has 0 saturated heterocycles. The second kappa shape index (κ2) is 5.42. The number of aldehydes is 1. The summed E-state index contributed by atoms with van der Waals surface area (Å²) in [6, 6.07) is 0. The number of nitrogens with one attached hydrogen (secondary N) is 1. The SMILES string of the molecule is CN(C)C(C)(C)CNc1ncnc(Cl)c1C=O. The maximum atomic E-state index is 10.9. The molecule has 1 N–H and O–H groups in total. The van der Waals surface area contributed by atoms with Gasteiger partial charge in [-0.05, 0) is 27.9 Å². The van der Waals surface area contributed by atoms with Crippen molar-refractivity contribution in [3.8, 4) is 0 Å². The fraction of sp³-hybridized carbons (Fsp3) is 0.545. The van der Waals surface area contributed by atoms with Crippen molar-refractivity contribution >= 4 is 23.7 Å². The lowest BCUT2D eigenvalue weighted by Gasteiger charge is -2.32. The number of carbonyl (C=O) groups excluding carboxylic acids is 1. The average molecular weight is 257 g/mol. The quantitative estimate of drug-likeness (QED) is 0.642. The highest BCUT2D eigenvalue weighted by Crippen LogP contribution is 2.18. The largest absolute Gasteiger partial charge is 0.367 e. The summed E-state index contributed by atoms with van der Waals surface area (Å²) < 4.78 is 0. The van der Waals surface area contributed by atoms with Gasteiger partial charge in [-0.3, -0.25) is 4.79 Å². The van der Waals surface area contributed by atoms with Crippen LogP contribution in [-0.4, -0.2) is 47.3 Å². The highest BCUT2D eigenvalue weighted by molar-refractivity contribution is 6.32. The smallest absolute Gasteiger partial charge is 0.156 e. The minimum absolute atomic E-state index is 0.0580. The van der Waals surface area contributed by atoms with Crippen molar-refractivity contribution < 1.29 is 4.79 Å². The van der Waals surface area contributed by atoms with Crippen molar-refractivity contribution in [2.75, 3.05) is 26.0 Å². The van der Waals surface area contributed by atoms with Crippen LogP contribution in [0.5, 0.6) is 0 Å². The van der Waals surface area contributed by atoms with Gasteiger partial charge in [0.2, 0.25) is 0 Å². The molecule has 6 heteroatoms. The Hall–Kier alpha value is -1.20. The van der Waals surface area contributed by atoms with Crippen LogP contribution in [0, 0.1) is 0 Å². The molecule has 0 aliphatic carbocycles. The highest BCUT2D eigenvalue weighted by Gasteiger charge is 2.21. The van der Waals surface area contributed by atoms with Crippen molar-refractivity contribution in [2.24, 2.45) is 0 Å². The van der Waals surface area contributed by atoms with Gasteiger partial charge in [-0.1, -0.05) is 11.6 Å². The third kappa shape index (κ3) is 3.38. The first-order chi connectivity index (χ1) is 7.88.